The largest absolute Gasteiger partial charge is 0.308 e. The monoisotopic (exact) mass is 578 g/mol. The number of hydrogen-bond donors (Lipinski definition) is 1. The Balaban J connectivity index is 1.58. The Morgan fingerprint density at radius 1 is 1.17 bits per heavy atom. The van der Waals surface area contributed by atoms with Gasteiger partial charge in [0, 0.05) is 20.7 Å². The molecule has 9 heteroatoms. The highest BCUT2D eigenvalue weighted by molar-refractivity contribution is 9.10. The van der Waals surface area contributed by atoms with Crippen LogP contribution < -0.4 is 10.2 Å². The second kappa shape index (κ2) is 9.43. The van der Waals surface area contributed by atoms with Gasteiger partial charge < -0.3 is 4.57 Å². The van der Waals surface area contributed by atoms with Crippen LogP contribution in [0.25, 0.3) is 11.1 Å². The number of benzene rings is 1. The van der Waals surface area contributed by atoms with Crippen LogP contribution in [0, 0.1) is 32.1 Å². The molecule has 3 heterocycles. The van der Waals surface area contributed by atoms with Crippen molar-refractivity contribution in [2.24, 2.45) is 0 Å². The van der Waals surface area contributed by atoms with Gasteiger partial charge in [-0.3, -0.25) is 19.8 Å². The van der Waals surface area contributed by atoms with E-state index in [1.807, 2.05) is 39.0 Å². The van der Waals surface area contributed by atoms with Crippen LogP contribution in [0.1, 0.15) is 51.4 Å². The van der Waals surface area contributed by atoms with Gasteiger partial charge in [-0.1, -0.05) is 15.9 Å². The summed E-state index contributed by atoms with van der Waals surface area (Å²) in [6.07, 6.45) is 5.81. The first kappa shape index (κ1) is 24.6. The Morgan fingerprint density at radius 2 is 1.92 bits per heavy atom. The van der Waals surface area contributed by atoms with Crippen LogP contribution in [-0.2, 0) is 22.4 Å². The molecule has 0 unspecified atom stereocenters. The predicted octanol–water partition coefficient (Wildman–Crippen LogP) is 5.81. The lowest BCUT2D eigenvalue weighted by Crippen LogP contribution is -2.54. The van der Waals surface area contributed by atoms with Gasteiger partial charge in [0.05, 0.1) is 11.3 Å². The summed E-state index contributed by atoms with van der Waals surface area (Å²) >= 11 is 10.5. The molecule has 1 aliphatic heterocycles. The van der Waals surface area contributed by atoms with Gasteiger partial charge in [0.1, 0.15) is 16.6 Å². The van der Waals surface area contributed by atoms with Crippen molar-refractivity contribution in [3.05, 3.63) is 72.8 Å². The molecule has 1 aliphatic carbocycles. The van der Waals surface area contributed by atoms with Crippen molar-refractivity contribution in [1.82, 2.24) is 9.88 Å². The van der Waals surface area contributed by atoms with Gasteiger partial charge in [-0.2, -0.15) is 5.26 Å². The molecule has 182 valence electrons. The molecule has 2 aliphatic rings. The van der Waals surface area contributed by atoms with Crippen LogP contribution in [0.5, 0.6) is 0 Å². The Bertz CT molecular complexity index is 1540. The first-order valence-electron chi connectivity index (χ1n) is 11.6. The molecule has 2 aromatic heterocycles. The van der Waals surface area contributed by atoms with E-state index in [9.17, 15) is 14.9 Å². The lowest BCUT2D eigenvalue weighted by atomic mass is 9.96. The van der Waals surface area contributed by atoms with E-state index in [1.54, 1.807) is 23.5 Å². The van der Waals surface area contributed by atoms with Crippen molar-refractivity contribution < 1.29 is 9.59 Å². The first-order valence-corrected chi connectivity index (χ1v) is 13.6. The predicted molar refractivity (Wildman–Crippen MR) is 150 cm³/mol. The first-order chi connectivity index (χ1) is 17.2. The van der Waals surface area contributed by atoms with E-state index in [2.05, 4.69) is 31.9 Å². The fraction of sp³-hybridized carbons (Fsp3) is 0.259. The molecule has 0 bridgehead atoms. The average molecular weight is 580 g/mol. The summed E-state index contributed by atoms with van der Waals surface area (Å²) in [6, 6.07) is 9.91. The number of carbonyl (C=O) groups is 2. The summed E-state index contributed by atoms with van der Waals surface area (Å²) < 4.78 is 2.96. The molecule has 1 fully saturated rings. The molecule has 0 spiro atoms. The van der Waals surface area contributed by atoms with Gasteiger partial charge in [0.15, 0.2) is 5.11 Å². The number of amides is 2. The maximum absolute atomic E-state index is 13.5. The number of thiocarbonyl (C=S) groups is 1. The maximum Gasteiger partial charge on any atom is 0.270 e. The Hall–Kier alpha value is -3.06. The van der Waals surface area contributed by atoms with E-state index < -0.39 is 11.8 Å². The summed E-state index contributed by atoms with van der Waals surface area (Å²) in [4.78, 5) is 29.1. The molecule has 36 heavy (non-hydrogen) atoms. The van der Waals surface area contributed by atoms with Crippen LogP contribution in [0.2, 0.25) is 0 Å². The quantitative estimate of drug-likeness (QED) is 0.242. The second-order valence-corrected chi connectivity index (χ2v) is 11.4. The van der Waals surface area contributed by atoms with E-state index in [0.717, 1.165) is 63.2 Å². The van der Waals surface area contributed by atoms with Crippen LogP contribution in [0.3, 0.4) is 0 Å². The van der Waals surface area contributed by atoms with Gasteiger partial charge in [-0.05, 0) is 106 Å². The number of rotatable bonds is 3. The third-order valence-corrected chi connectivity index (χ3v) is 8.79. The normalized spacial score (nSPS) is 16.8. The van der Waals surface area contributed by atoms with Crippen LogP contribution in [0.15, 0.2) is 34.3 Å². The van der Waals surface area contributed by atoms with E-state index >= 15 is 0 Å². The number of nitrogens with one attached hydrogen (secondary N) is 1. The molecule has 6 nitrogen and oxygen atoms in total. The molecule has 3 aromatic rings. The summed E-state index contributed by atoms with van der Waals surface area (Å²) in [5.41, 5.74) is 5.95. The molecular formula is C27H23BrN4O2S2. The standard InChI is InChI=1S/C27H23BrN4O2S2/c1-14-10-18(28)8-9-22(14)32-25(34)20(24(33)30-27(32)35)12-17-11-15(2)31(16(17)3)26-21(13-29)19-6-4-5-7-23(19)36-26/h8-12H,4-7H2,1-3H3,(H,30,33,35). The Morgan fingerprint density at radius 3 is 2.64 bits per heavy atom. The number of aromatic nitrogens is 1. The van der Waals surface area contributed by atoms with Crippen molar-refractivity contribution >= 4 is 68.2 Å². The highest BCUT2D eigenvalue weighted by Crippen LogP contribution is 2.38. The fourth-order valence-corrected chi connectivity index (χ4v) is 7.17. The molecule has 1 saturated heterocycles. The van der Waals surface area contributed by atoms with Crippen molar-refractivity contribution in [2.45, 2.75) is 46.5 Å². The zero-order chi connectivity index (χ0) is 25.7. The highest BCUT2D eigenvalue weighted by atomic mass is 79.9. The van der Waals surface area contributed by atoms with Gasteiger partial charge in [-0.25, -0.2) is 0 Å². The number of carbonyl (C=O) groups excluding carboxylic acids is 2. The van der Waals surface area contributed by atoms with Gasteiger partial charge >= 0.3 is 0 Å². The number of aryl methyl sites for hydroxylation is 3. The zero-order valence-electron chi connectivity index (χ0n) is 20.1. The molecule has 0 saturated carbocycles. The van der Waals surface area contributed by atoms with Crippen LogP contribution >= 0.6 is 39.5 Å². The maximum atomic E-state index is 13.5. The SMILES string of the molecule is Cc1cc(Br)ccc1N1C(=O)C(=Cc2cc(C)n(-c3sc4c(c3C#N)CCCC4)c2C)C(=O)NC1=S. The number of nitrogens with zero attached hydrogens (tertiary/aromatic N) is 3. The van der Waals surface area contributed by atoms with Crippen molar-refractivity contribution in [2.75, 3.05) is 4.90 Å². The van der Waals surface area contributed by atoms with Crippen molar-refractivity contribution in [1.29, 1.82) is 5.26 Å². The molecule has 5 rings (SSSR count). The van der Waals surface area contributed by atoms with E-state index in [-0.39, 0.29) is 10.7 Å². The lowest BCUT2D eigenvalue weighted by molar-refractivity contribution is -0.122. The van der Waals surface area contributed by atoms with E-state index in [4.69, 9.17) is 12.2 Å². The number of nitriles is 1. The molecule has 1 aromatic carbocycles. The molecule has 1 N–H and O–H groups in total. The van der Waals surface area contributed by atoms with Crippen LogP contribution in [0.4, 0.5) is 5.69 Å². The Kier molecular flexibility index (Phi) is 6.45. The molecule has 2 amide bonds. The third kappa shape index (κ3) is 4.03. The molecule has 0 radical (unpaired) electrons. The minimum Gasteiger partial charge on any atom is -0.308 e. The van der Waals surface area contributed by atoms with Crippen LogP contribution in [-0.4, -0.2) is 21.5 Å². The summed E-state index contributed by atoms with van der Waals surface area (Å²) in [5.74, 6) is -0.992. The second-order valence-electron chi connectivity index (χ2n) is 9.05. The number of thiophene rings is 1. The zero-order valence-corrected chi connectivity index (χ0v) is 23.3. The topological polar surface area (TPSA) is 78.1 Å². The summed E-state index contributed by atoms with van der Waals surface area (Å²) in [5, 5.41) is 13.6. The Labute approximate surface area is 227 Å². The van der Waals surface area contributed by atoms with Gasteiger partial charge in [-0.15, -0.1) is 11.3 Å². The third-order valence-electron chi connectivity index (χ3n) is 6.74. The number of anilines is 1. The lowest BCUT2D eigenvalue weighted by Gasteiger charge is -2.30. The van der Waals surface area contributed by atoms with E-state index in [0.29, 0.717) is 5.69 Å². The van der Waals surface area contributed by atoms with Gasteiger partial charge in [0.25, 0.3) is 11.8 Å². The average Bonchev–Trinajstić information content (AvgIpc) is 3.33. The summed E-state index contributed by atoms with van der Waals surface area (Å²) in [6.45, 7) is 5.81. The minimum atomic E-state index is -0.523. The fourth-order valence-electron chi connectivity index (χ4n) is 4.97. The van der Waals surface area contributed by atoms with Gasteiger partial charge in [0.2, 0.25) is 0 Å². The van der Waals surface area contributed by atoms with E-state index in [1.165, 1.54) is 15.3 Å². The highest BCUT2D eigenvalue weighted by Gasteiger charge is 2.35. The minimum absolute atomic E-state index is 0.0112. The number of fused-ring (bicyclic) bond motifs is 1. The molecule has 0 atom stereocenters. The summed E-state index contributed by atoms with van der Waals surface area (Å²) in [7, 11) is 0. The van der Waals surface area contributed by atoms with Crippen molar-refractivity contribution in [3.8, 4) is 11.1 Å². The smallest absolute Gasteiger partial charge is 0.270 e. The number of halogens is 1. The molecular weight excluding hydrogens is 556 g/mol. The van der Waals surface area contributed by atoms with Crippen molar-refractivity contribution in [3.63, 3.8) is 0 Å². The number of hydrogen-bond acceptors (Lipinski definition) is 5.